The molecule has 1 aliphatic heterocycles. The molecule has 0 aromatic heterocycles. The third kappa shape index (κ3) is 4.74. The van der Waals surface area contributed by atoms with Gasteiger partial charge in [0.2, 0.25) is 5.91 Å². The highest BCUT2D eigenvalue weighted by molar-refractivity contribution is 7.91. The molecule has 21 heavy (non-hydrogen) atoms. The van der Waals surface area contributed by atoms with Crippen molar-refractivity contribution in [2.75, 3.05) is 23.9 Å². The van der Waals surface area contributed by atoms with Crippen LogP contribution in [0.5, 0.6) is 0 Å². The Hall–Kier alpha value is -1.56. The number of carbonyl (C=O) groups excluding carboxylic acids is 1. The summed E-state index contributed by atoms with van der Waals surface area (Å²) in [7, 11) is -1.05. The number of amides is 1. The number of anilines is 1. The minimum atomic E-state index is -2.83. The number of sulfone groups is 1. The molecule has 5 nitrogen and oxygen atoms in total. The van der Waals surface area contributed by atoms with Gasteiger partial charge in [-0.3, -0.25) is 4.79 Å². The summed E-state index contributed by atoms with van der Waals surface area (Å²) in [6.45, 7) is 2.12. The van der Waals surface area contributed by atoms with Gasteiger partial charge in [-0.25, -0.2) is 8.42 Å². The fraction of sp³-hybridized carbons (Fsp3) is 0.533. The van der Waals surface area contributed by atoms with Gasteiger partial charge in [0.05, 0.1) is 11.5 Å². The average molecular weight is 310 g/mol. The van der Waals surface area contributed by atoms with E-state index in [1.807, 2.05) is 24.3 Å². The number of hydrogen-bond acceptors (Lipinski definition) is 4. The van der Waals surface area contributed by atoms with Gasteiger partial charge < -0.3 is 10.2 Å². The highest BCUT2D eigenvalue weighted by Crippen LogP contribution is 2.19. The van der Waals surface area contributed by atoms with Crippen LogP contribution in [-0.4, -0.2) is 43.8 Å². The van der Waals surface area contributed by atoms with Gasteiger partial charge in [-0.2, -0.15) is 0 Å². The van der Waals surface area contributed by atoms with Crippen molar-refractivity contribution in [1.29, 1.82) is 0 Å². The fourth-order valence-corrected chi connectivity index (χ4v) is 3.91. The number of benzene rings is 1. The smallest absolute Gasteiger partial charge is 0.219 e. The monoisotopic (exact) mass is 310 g/mol. The van der Waals surface area contributed by atoms with E-state index in [0.717, 1.165) is 11.3 Å². The van der Waals surface area contributed by atoms with Crippen LogP contribution in [-0.2, 0) is 21.2 Å². The molecule has 0 bridgehead atoms. The topological polar surface area (TPSA) is 66.5 Å². The van der Waals surface area contributed by atoms with Gasteiger partial charge in [-0.05, 0) is 30.5 Å². The van der Waals surface area contributed by atoms with Crippen molar-refractivity contribution >= 4 is 21.4 Å². The molecule has 1 aromatic rings. The van der Waals surface area contributed by atoms with Crippen LogP contribution in [0.1, 0.15) is 25.3 Å². The Morgan fingerprint density at radius 2 is 2.00 bits per heavy atom. The predicted molar refractivity (Wildman–Crippen MR) is 83.9 cm³/mol. The van der Waals surface area contributed by atoms with E-state index in [0.29, 0.717) is 19.4 Å². The van der Waals surface area contributed by atoms with Crippen LogP contribution in [0.4, 0.5) is 5.69 Å². The van der Waals surface area contributed by atoms with Crippen molar-refractivity contribution in [2.45, 2.75) is 32.4 Å². The molecule has 6 heteroatoms. The minimum absolute atomic E-state index is 0.0332. The van der Waals surface area contributed by atoms with E-state index >= 15 is 0 Å². The molecule has 0 spiro atoms. The van der Waals surface area contributed by atoms with Crippen LogP contribution in [0.2, 0.25) is 0 Å². The molecule has 0 radical (unpaired) electrons. The first kappa shape index (κ1) is 15.8. The lowest BCUT2D eigenvalue weighted by atomic mass is 10.1. The molecule has 0 saturated carbocycles. The molecule has 1 aromatic carbocycles. The minimum Gasteiger partial charge on any atom is -0.382 e. The molecule has 0 atom stereocenters. The molecule has 2 rings (SSSR count). The Bertz CT molecular complexity index is 599. The number of nitrogens with zero attached hydrogens (tertiary/aromatic N) is 1. The first-order valence-electron chi connectivity index (χ1n) is 7.13. The third-order valence-electron chi connectivity index (χ3n) is 3.81. The Balaban J connectivity index is 1.97. The summed E-state index contributed by atoms with van der Waals surface area (Å²) in [6.07, 6.45) is 1.31. The summed E-state index contributed by atoms with van der Waals surface area (Å²) in [6, 6.07) is 8.12. The van der Waals surface area contributed by atoms with Gasteiger partial charge in [-0.15, -0.1) is 0 Å². The van der Waals surface area contributed by atoms with Crippen LogP contribution in [0.3, 0.4) is 0 Å². The van der Waals surface area contributed by atoms with E-state index in [-0.39, 0.29) is 23.5 Å². The molecular formula is C15H22N2O3S. The van der Waals surface area contributed by atoms with Crippen LogP contribution < -0.4 is 5.32 Å². The molecule has 116 valence electrons. The van der Waals surface area contributed by atoms with Crippen LogP contribution in [0.25, 0.3) is 0 Å². The number of nitrogens with one attached hydrogen (secondary N) is 1. The van der Waals surface area contributed by atoms with Crippen LogP contribution in [0.15, 0.2) is 24.3 Å². The summed E-state index contributed by atoms with van der Waals surface area (Å²) in [5, 5.41) is 3.39. The summed E-state index contributed by atoms with van der Waals surface area (Å²) >= 11 is 0. The third-order valence-corrected chi connectivity index (χ3v) is 5.53. The van der Waals surface area contributed by atoms with Crippen molar-refractivity contribution in [2.24, 2.45) is 0 Å². The van der Waals surface area contributed by atoms with E-state index in [1.54, 1.807) is 18.9 Å². The first-order valence-corrected chi connectivity index (χ1v) is 8.95. The van der Waals surface area contributed by atoms with E-state index < -0.39 is 9.84 Å². The molecule has 1 N–H and O–H groups in total. The molecule has 0 aliphatic carbocycles. The van der Waals surface area contributed by atoms with Gasteiger partial charge in [0, 0.05) is 32.2 Å². The van der Waals surface area contributed by atoms with Crippen molar-refractivity contribution in [3.05, 3.63) is 29.8 Å². The maximum Gasteiger partial charge on any atom is 0.219 e. The summed E-state index contributed by atoms with van der Waals surface area (Å²) in [5.74, 6) is 0.556. The normalized spacial score (nSPS) is 18.2. The lowest BCUT2D eigenvalue weighted by molar-refractivity contribution is -0.128. The molecule has 1 amide bonds. The zero-order valence-corrected chi connectivity index (χ0v) is 13.3. The number of rotatable bonds is 4. The van der Waals surface area contributed by atoms with Gasteiger partial charge in [-0.1, -0.05) is 12.1 Å². The molecule has 1 fully saturated rings. The van der Waals surface area contributed by atoms with Crippen molar-refractivity contribution in [3.63, 3.8) is 0 Å². The largest absolute Gasteiger partial charge is 0.382 e. The van der Waals surface area contributed by atoms with E-state index in [4.69, 9.17) is 0 Å². The van der Waals surface area contributed by atoms with Crippen LogP contribution >= 0.6 is 0 Å². The van der Waals surface area contributed by atoms with Crippen molar-refractivity contribution in [1.82, 2.24) is 4.90 Å². The quantitative estimate of drug-likeness (QED) is 0.918. The Morgan fingerprint density at radius 1 is 1.33 bits per heavy atom. The summed E-state index contributed by atoms with van der Waals surface area (Å²) in [5.41, 5.74) is 2.04. The summed E-state index contributed by atoms with van der Waals surface area (Å²) in [4.78, 5) is 12.9. The number of hydrogen-bond donors (Lipinski definition) is 1. The Labute approximate surface area is 126 Å². The first-order chi connectivity index (χ1) is 9.85. The highest BCUT2D eigenvalue weighted by atomic mass is 32.2. The lowest BCUT2D eigenvalue weighted by Crippen LogP contribution is -2.32. The fourth-order valence-electron chi connectivity index (χ4n) is 2.41. The average Bonchev–Trinajstić information content (AvgIpc) is 2.41. The second kappa shape index (κ2) is 6.47. The van der Waals surface area contributed by atoms with E-state index in [1.165, 1.54) is 0 Å². The highest BCUT2D eigenvalue weighted by Gasteiger charge is 2.23. The Morgan fingerprint density at radius 3 is 2.62 bits per heavy atom. The second-order valence-corrected chi connectivity index (χ2v) is 7.95. The van der Waals surface area contributed by atoms with Gasteiger partial charge >= 0.3 is 0 Å². The SMILES string of the molecule is CC(=O)N(C)Cc1cccc(NC2CCS(=O)(=O)CC2)c1. The second-order valence-electron chi connectivity index (χ2n) is 5.65. The summed E-state index contributed by atoms with van der Waals surface area (Å²) < 4.78 is 22.8. The maximum atomic E-state index is 11.4. The molecule has 0 unspecified atom stereocenters. The van der Waals surface area contributed by atoms with Gasteiger partial charge in [0.15, 0.2) is 0 Å². The van der Waals surface area contributed by atoms with E-state index in [2.05, 4.69) is 5.32 Å². The zero-order chi connectivity index (χ0) is 15.5. The van der Waals surface area contributed by atoms with Crippen LogP contribution in [0, 0.1) is 0 Å². The van der Waals surface area contributed by atoms with Crippen molar-refractivity contribution in [3.8, 4) is 0 Å². The molecule has 1 heterocycles. The molecule has 1 aliphatic rings. The Kier molecular flexibility index (Phi) is 4.88. The predicted octanol–water partition coefficient (Wildman–Crippen LogP) is 1.65. The lowest BCUT2D eigenvalue weighted by Gasteiger charge is -2.24. The number of carbonyl (C=O) groups is 1. The van der Waals surface area contributed by atoms with Gasteiger partial charge in [0.25, 0.3) is 0 Å². The van der Waals surface area contributed by atoms with E-state index in [9.17, 15) is 13.2 Å². The zero-order valence-electron chi connectivity index (χ0n) is 12.5. The van der Waals surface area contributed by atoms with Crippen molar-refractivity contribution < 1.29 is 13.2 Å². The standard InChI is InChI=1S/C15H22N2O3S/c1-12(18)17(2)11-13-4-3-5-15(10-13)16-14-6-8-21(19,20)9-7-14/h3-5,10,14,16H,6-9,11H2,1-2H3. The maximum absolute atomic E-state index is 11.4. The molecule has 1 saturated heterocycles. The van der Waals surface area contributed by atoms with Gasteiger partial charge in [0.1, 0.15) is 9.84 Å². The molecular weight excluding hydrogens is 288 g/mol.